The number of nitrogens with one attached hydrogen (secondary N) is 2. The monoisotopic (exact) mass is 341 g/mol. The van der Waals surface area contributed by atoms with Gasteiger partial charge in [0.25, 0.3) is 0 Å². The van der Waals surface area contributed by atoms with Crippen LogP contribution in [0.3, 0.4) is 0 Å². The van der Waals surface area contributed by atoms with Crippen LogP contribution in [-0.2, 0) is 20.7 Å². The van der Waals surface area contributed by atoms with E-state index in [4.69, 9.17) is 10.5 Å². The molecule has 0 fully saturated rings. The van der Waals surface area contributed by atoms with E-state index in [1.165, 1.54) is 7.11 Å². The third kappa shape index (κ3) is 6.02. The Hall–Kier alpha value is -2.70. The molecule has 0 aliphatic carbocycles. The first-order valence-corrected chi connectivity index (χ1v) is 8.05. The van der Waals surface area contributed by atoms with Crippen LogP contribution in [-0.4, -0.2) is 37.6 Å². The van der Waals surface area contributed by atoms with Gasteiger partial charge in [-0.3, -0.25) is 9.59 Å². The molecule has 0 aliphatic heterocycles. The number of rotatable bonds is 8. The van der Waals surface area contributed by atoms with Gasteiger partial charge in [0.05, 0.1) is 6.61 Å². The summed E-state index contributed by atoms with van der Waals surface area (Å²) in [5.74, 6) is -0.723. The van der Waals surface area contributed by atoms with Crippen LogP contribution in [0.4, 0.5) is 5.69 Å². The van der Waals surface area contributed by atoms with Crippen molar-refractivity contribution in [3.63, 3.8) is 0 Å². The minimum Gasteiger partial charge on any atom is -0.383 e. The largest absolute Gasteiger partial charge is 0.383 e. The normalized spacial score (nSPS) is 12.9. The first-order valence-electron chi connectivity index (χ1n) is 8.05. The molecule has 0 saturated carbocycles. The predicted molar refractivity (Wildman–Crippen MR) is 97.0 cm³/mol. The summed E-state index contributed by atoms with van der Waals surface area (Å²) in [5, 5.41) is 5.53. The fraction of sp³-hybridized carbons (Fsp3) is 0.263. The SMILES string of the molecule is COCC(N)C(=O)NC(Cc1ccccc1)C(=O)Nc1ccccc1. The van der Waals surface area contributed by atoms with Crippen molar-refractivity contribution in [2.45, 2.75) is 18.5 Å². The third-order valence-electron chi connectivity index (χ3n) is 3.64. The summed E-state index contributed by atoms with van der Waals surface area (Å²) in [5.41, 5.74) is 7.36. The lowest BCUT2D eigenvalue weighted by atomic mass is 10.0. The lowest BCUT2D eigenvalue weighted by Gasteiger charge is -2.20. The van der Waals surface area contributed by atoms with E-state index in [2.05, 4.69) is 10.6 Å². The summed E-state index contributed by atoms with van der Waals surface area (Å²) in [4.78, 5) is 24.8. The minimum absolute atomic E-state index is 0.0875. The van der Waals surface area contributed by atoms with Crippen LogP contribution >= 0.6 is 0 Å². The Morgan fingerprint density at radius 3 is 2.20 bits per heavy atom. The van der Waals surface area contributed by atoms with Gasteiger partial charge in [-0.1, -0.05) is 48.5 Å². The highest BCUT2D eigenvalue weighted by atomic mass is 16.5. The lowest BCUT2D eigenvalue weighted by Crippen LogP contribution is -2.52. The highest BCUT2D eigenvalue weighted by molar-refractivity contribution is 5.98. The molecule has 0 aliphatic rings. The zero-order valence-electron chi connectivity index (χ0n) is 14.1. The smallest absolute Gasteiger partial charge is 0.247 e. The lowest BCUT2D eigenvalue weighted by molar-refractivity contribution is -0.128. The van der Waals surface area contributed by atoms with E-state index >= 15 is 0 Å². The molecule has 2 aromatic rings. The molecule has 2 atom stereocenters. The van der Waals surface area contributed by atoms with Gasteiger partial charge in [0.15, 0.2) is 0 Å². The summed E-state index contributed by atoms with van der Waals surface area (Å²) in [6.07, 6.45) is 0.366. The van der Waals surface area contributed by atoms with Crippen LogP contribution in [0.15, 0.2) is 60.7 Å². The molecule has 2 rings (SSSR count). The maximum absolute atomic E-state index is 12.6. The van der Waals surface area contributed by atoms with Gasteiger partial charge in [0.1, 0.15) is 12.1 Å². The number of benzene rings is 2. The van der Waals surface area contributed by atoms with Crippen LogP contribution in [0, 0.1) is 0 Å². The Kier molecular flexibility index (Phi) is 7.13. The molecule has 2 aromatic carbocycles. The molecule has 4 N–H and O–H groups in total. The molecular weight excluding hydrogens is 318 g/mol. The van der Waals surface area contributed by atoms with Gasteiger partial charge in [-0.25, -0.2) is 0 Å². The number of methoxy groups -OCH3 is 1. The van der Waals surface area contributed by atoms with Crippen molar-refractivity contribution in [3.05, 3.63) is 66.2 Å². The van der Waals surface area contributed by atoms with Crippen molar-refractivity contribution < 1.29 is 14.3 Å². The zero-order chi connectivity index (χ0) is 18.1. The standard InChI is InChI=1S/C19H23N3O3/c1-25-13-16(20)18(23)22-17(12-14-8-4-2-5-9-14)19(24)21-15-10-6-3-7-11-15/h2-11,16-17H,12-13,20H2,1H3,(H,21,24)(H,22,23). The topological polar surface area (TPSA) is 93.4 Å². The van der Waals surface area contributed by atoms with Crippen LogP contribution in [0.5, 0.6) is 0 Å². The Morgan fingerprint density at radius 2 is 1.60 bits per heavy atom. The van der Waals surface area contributed by atoms with E-state index in [1.807, 2.05) is 48.5 Å². The quantitative estimate of drug-likeness (QED) is 0.675. The Balaban J connectivity index is 2.10. The Morgan fingerprint density at radius 1 is 1.00 bits per heavy atom. The van der Waals surface area contributed by atoms with E-state index in [0.717, 1.165) is 5.56 Å². The Labute approximate surface area is 147 Å². The van der Waals surface area contributed by atoms with Gasteiger partial charge in [-0.05, 0) is 17.7 Å². The van der Waals surface area contributed by atoms with Gasteiger partial charge < -0.3 is 21.1 Å². The second-order valence-corrected chi connectivity index (χ2v) is 5.67. The second-order valence-electron chi connectivity index (χ2n) is 5.67. The molecule has 0 aromatic heterocycles. The van der Waals surface area contributed by atoms with Crippen LogP contribution < -0.4 is 16.4 Å². The van der Waals surface area contributed by atoms with Crippen LogP contribution in [0.2, 0.25) is 0 Å². The number of amides is 2. The molecule has 0 saturated heterocycles. The first-order chi connectivity index (χ1) is 12.1. The fourth-order valence-corrected chi connectivity index (χ4v) is 2.34. The van der Waals surface area contributed by atoms with Crippen molar-refractivity contribution in [2.24, 2.45) is 5.73 Å². The molecule has 132 valence electrons. The predicted octanol–water partition coefficient (Wildman–Crippen LogP) is 1.33. The maximum atomic E-state index is 12.6. The highest BCUT2D eigenvalue weighted by Gasteiger charge is 2.24. The molecule has 2 unspecified atom stereocenters. The van der Waals surface area contributed by atoms with E-state index in [-0.39, 0.29) is 12.5 Å². The van der Waals surface area contributed by atoms with E-state index in [9.17, 15) is 9.59 Å². The summed E-state index contributed by atoms with van der Waals surface area (Å²) in [6, 6.07) is 17.0. The van der Waals surface area contributed by atoms with Crippen molar-refractivity contribution in [2.75, 3.05) is 19.0 Å². The number of hydrogen-bond donors (Lipinski definition) is 3. The number of nitrogens with two attached hydrogens (primary N) is 1. The molecule has 6 heteroatoms. The minimum atomic E-state index is -0.826. The van der Waals surface area contributed by atoms with Crippen molar-refractivity contribution in [1.82, 2.24) is 5.32 Å². The summed E-state index contributed by atoms with van der Waals surface area (Å²) in [6.45, 7) is 0.0875. The van der Waals surface area contributed by atoms with Crippen molar-refractivity contribution in [1.29, 1.82) is 0 Å². The van der Waals surface area contributed by atoms with E-state index in [0.29, 0.717) is 12.1 Å². The molecule has 0 spiro atoms. The molecule has 6 nitrogen and oxygen atoms in total. The molecule has 2 amide bonds. The van der Waals surface area contributed by atoms with Gasteiger partial charge in [0, 0.05) is 19.2 Å². The third-order valence-corrected chi connectivity index (χ3v) is 3.64. The highest BCUT2D eigenvalue weighted by Crippen LogP contribution is 2.09. The maximum Gasteiger partial charge on any atom is 0.247 e. The Bertz CT molecular complexity index is 677. The number of carbonyl (C=O) groups excluding carboxylic acids is 2. The van der Waals surface area contributed by atoms with E-state index < -0.39 is 18.0 Å². The molecule has 0 bridgehead atoms. The van der Waals surface area contributed by atoms with E-state index in [1.54, 1.807) is 12.1 Å². The number of hydrogen-bond acceptors (Lipinski definition) is 4. The molecule has 0 heterocycles. The van der Waals surface area contributed by atoms with Crippen LogP contribution in [0.25, 0.3) is 0 Å². The van der Waals surface area contributed by atoms with Crippen LogP contribution in [0.1, 0.15) is 5.56 Å². The van der Waals surface area contributed by atoms with Gasteiger partial charge in [0.2, 0.25) is 11.8 Å². The molecular formula is C19H23N3O3. The summed E-state index contributed by atoms with van der Waals surface area (Å²) >= 11 is 0. The van der Waals surface area contributed by atoms with Gasteiger partial charge >= 0.3 is 0 Å². The number of ether oxygens (including phenoxy) is 1. The molecule has 25 heavy (non-hydrogen) atoms. The second kappa shape index (κ2) is 9.56. The first kappa shape index (κ1) is 18.6. The zero-order valence-corrected chi connectivity index (χ0v) is 14.1. The average molecular weight is 341 g/mol. The van der Waals surface area contributed by atoms with Gasteiger partial charge in [-0.2, -0.15) is 0 Å². The fourth-order valence-electron chi connectivity index (χ4n) is 2.34. The van der Waals surface area contributed by atoms with Crippen molar-refractivity contribution in [3.8, 4) is 0 Å². The number of carbonyl (C=O) groups is 2. The molecule has 0 radical (unpaired) electrons. The van der Waals surface area contributed by atoms with Crippen molar-refractivity contribution >= 4 is 17.5 Å². The summed E-state index contributed by atoms with van der Waals surface area (Å²) in [7, 11) is 1.47. The number of anilines is 1. The number of para-hydroxylation sites is 1. The summed E-state index contributed by atoms with van der Waals surface area (Å²) < 4.78 is 4.89. The van der Waals surface area contributed by atoms with Gasteiger partial charge in [-0.15, -0.1) is 0 Å². The average Bonchev–Trinajstić information content (AvgIpc) is 2.63.